The highest BCUT2D eigenvalue weighted by Gasteiger charge is 2.15. The monoisotopic (exact) mass is 263 g/mol. The van der Waals surface area contributed by atoms with Crippen LogP contribution in [-0.2, 0) is 11.3 Å². The number of ether oxygens (including phenoxy) is 1. The van der Waals surface area contributed by atoms with Crippen molar-refractivity contribution in [3.05, 3.63) is 53.2 Å². The van der Waals surface area contributed by atoms with Gasteiger partial charge in [0.1, 0.15) is 5.82 Å². The fraction of sp³-hybridized carbons (Fsp3) is 0.214. The van der Waals surface area contributed by atoms with Crippen LogP contribution in [0.25, 0.3) is 0 Å². The molecule has 5 heteroatoms. The maximum Gasteiger partial charge on any atom is 0.374 e. The normalized spacial score (nSPS) is 10.3. The van der Waals surface area contributed by atoms with Crippen molar-refractivity contribution in [2.24, 2.45) is 0 Å². The fourth-order valence-electron chi connectivity index (χ4n) is 1.74. The first kappa shape index (κ1) is 13.1. The molecule has 100 valence electrons. The standard InChI is InChI=1S/C14H14FNO3/c1-9-11(15)4-3-5-12(9)16-8-10-6-7-19-13(10)14(17)18-2/h3-7,16H,8H2,1-2H3. The molecule has 0 saturated heterocycles. The van der Waals surface area contributed by atoms with Crippen LogP contribution in [0.5, 0.6) is 0 Å². The van der Waals surface area contributed by atoms with Crippen molar-refractivity contribution in [3.8, 4) is 0 Å². The summed E-state index contributed by atoms with van der Waals surface area (Å²) < 4.78 is 23.1. The molecule has 1 aromatic carbocycles. The summed E-state index contributed by atoms with van der Waals surface area (Å²) in [7, 11) is 1.29. The van der Waals surface area contributed by atoms with Crippen LogP contribution >= 0.6 is 0 Å². The zero-order chi connectivity index (χ0) is 13.8. The molecular weight excluding hydrogens is 249 g/mol. The third-order valence-corrected chi connectivity index (χ3v) is 2.85. The number of rotatable bonds is 4. The maximum atomic E-state index is 13.4. The van der Waals surface area contributed by atoms with Crippen LogP contribution in [0.3, 0.4) is 0 Å². The Bertz CT molecular complexity index is 592. The molecule has 0 saturated carbocycles. The van der Waals surface area contributed by atoms with Crippen molar-refractivity contribution in [1.29, 1.82) is 0 Å². The number of anilines is 1. The van der Waals surface area contributed by atoms with Gasteiger partial charge in [0.05, 0.1) is 13.4 Å². The number of carbonyl (C=O) groups excluding carboxylic acids is 1. The molecule has 0 aliphatic heterocycles. The van der Waals surface area contributed by atoms with Crippen LogP contribution in [0.4, 0.5) is 10.1 Å². The van der Waals surface area contributed by atoms with Crippen molar-refractivity contribution < 1.29 is 18.3 Å². The second-order valence-electron chi connectivity index (χ2n) is 4.03. The molecule has 0 aliphatic carbocycles. The van der Waals surface area contributed by atoms with E-state index < -0.39 is 5.97 Å². The number of esters is 1. The van der Waals surface area contributed by atoms with Gasteiger partial charge in [0.15, 0.2) is 0 Å². The number of hydrogen-bond donors (Lipinski definition) is 1. The van der Waals surface area contributed by atoms with Crippen LogP contribution in [0.15, 0.2) is 34.9 Å². The van der Waals surface area contributed by atoms with Gasteiger partial charge in [-0.2, -0.15) is 0 Å². The molecule has 0 bridgehead atoms. The van der Waals surface area contributed by atoms with Crippen molar-refractivity contribution in [2.45, 2.75) is 13.5 Å². The highest BCUT2D eigenvalue weighted by Crippen LogP contribution is 2.19. The predicted molar refractivity (Wildman–Crippen MR) is 68.5 cm³/mol. The molecule has 4 nitrogen and oxygen atoms in total. The molecule has 2 aromatic rings. The topological polar surface area (TPSA) is 51.5 Å². The lowest BCUT2D eigenvalue weighted by Gasteiger charge is -2.09. The molecule has 1 heterocycles. The van der Waals surface area contributed by atoms with Gasteiger partial charge in [-0.15, -0.1) is 0 Å². The van der Waals surface area contributed by atoms with Gasteiger partial charge in [0.2, 0.25) is 5.76 Å². The first-order valence-corrected chi connectivity index (χ1v) is 5.77. The molecule has 19 heavy (non-hydrogen) atoms. The zero-order valence-electron chi connectivity index (χ0n) is 10.7. The Morgan fingerprint density at radius 3 is 2.95 bits per heavy atom. The average Bonchev–Trinajstić information content (AvgIpc) is 2.88. The highest BCUT2D eigenvalue weighted by molar-refractivity contribution is 5.87. The first-order valence-electron chi connectivity index (χ1n) is 5.77. The van der Waals surface area contributed by atoms with Crippen molar-refractivity contribution in [1.82, 2.24) is 0 Å². The summed E-state index contributed by atoms with van der Waals surface area (Å²) in [5, 5.41) is 3.07. The summed E-state index contributed by atoms with van der Waals surface area (Å²) in [5.74, 6) is -0.646. The third kappa shape index (κ3) is 2.76. The molecule has 0 radical (unpaired) electrons. The number of carbonyl (C=O) groups is 1. The Balaban J connectivity index is 2.13. The van der Waals surface area contributed by atoms with Gasteiger partial charge in [-0.3, -0.25) is 0 Å². The van der Waals surface area contributed by atoms with Crippen molar-refractivity contribution in [2.75, 3.05) is 12.4 Å². The van der Waals surface area contributed by atoms with Gasteiger partial charge >= 0.3 is 5.97 Å². The highest BCUT2D eigenvalue weighted by atomic mass is 19.1. The van der Waals surface area contributed by atoms with E-state index in [9.17, 15) is 9.18 Å². The van der Waals surface area contributed by atoms with E-state index >= 15 is 0 Å². The van der Waals surface area contributed by atoms with Crippen LogP contribution in [-0.4, -0.2) is 13.1 Å². The van der Waals surface area contributed by atoms with Crippen LogP contribution in [0.1, 0.15) is 21.7 Å². The summed E-state index contributed by atoms with van der Waals surface area (Å²) in [4.78, 5) is 11.4. The molecule has 1 N–H and O–H groups in total. The Morgan fingerprint density at radius 1 is 1.42 bits per heavy atom. The van der Waals surface area contributed by atoms with Gasteiger partial charge in [0, 0.05) is 23.4 Å². The fourth-order valence-corrected chi connectivity index (χ4v) is 1.74. The Morgan fingerprint density at radius 2 is 2.21 bits per heavy atom. The van der Waals surface area contributed by atoms with Crippen molar-refractivity contribution in [3.63, 3.8) is 0 Å². The van der Waals surface area contributed by atoms with E-state index in [1.807, 2.05) is 0 Å². The van der Waals surface area contributed by atoms with Crippen molar-refractivity contribution >= 4 is 11.7 Å². The smallest absolute Gasteiger partial charge is 0.374 e. The number of halogens is 1. The minimum absolute atomic E-state index is 0.157. The number of furan rings is 1. The summed E-state index contributed by atoms with van der Waals surface area (Å²) in [6.07, 6.45) is 1.42. The van der Waals surface area contributed by atoms with E-state index in [0.717, 1.165) is 0 Å². The average molecular weight is 263 g/mol. The van der Waals surface area contributed by atoms with Gasteiger partial charge in [-0.05, 0) is 25.1 Å². The van der Waals surface area contributed by atoms with E-state index in [-0.39, 0.29) is 11.6 Å². The zero-order valence-corrected chi connectivity index (χ0v) is 10.7. The van der Waals surface area contributed by atoms with Gasteiger partial charge < -0.3 is 14.5 Å². The van der Waals surface area contributed by atoms with Crippen LogP contribution < -0.4 is 5.32 Å². The van der Waals surface area contributed by atoms with Gasteiger partial charge in [-0.1, -0.05) is 6.07 Å². The van der Waals surface area contributed by atoms with E-state index in [1.165, 1.54) is 19.4 Å². The van der Waals surface area contributed by atoms with E-state index in [4.69, 9.17) is 4.42 Å². The summed E-state index contributed by atoms with van der Waals surface area (Å²) in [6.45, 7) is 2.04. The molecule has 0 spiro atoms. The second-order valence-corrected chi connectivity index (χ2v) is 4.03. The quantitative estimate of drug-likeness (QED) is 0.861. The minimum Gasteiger partial charge on any atom is -0.463 e. The molecule has 0 atom stereocenters. The SMILES string of the molecule is COC(=O)c1occc1CNc1cccc(F)c1C. The molecular formula is C14H14FNO3. The molecule has 2 rings (SSSR count). The Hall–Kier alpha value is -2.30. The molecule has 0 unspecified atom stereocenters. The van der Waals surface area contributed by atoms with Gasteiger partial charge in [-0.25, -0.2) is 9.18 Å². The minimum atomic E-state index is -0.530. The Labute approximate surface area is 110 Å². The van der Waals surface area contributed by atoms with Crippen LogP contribution in [0, 0.1) is 12.7 Å². The number of methoxy groups -OCH3 is 1. The molecule has 0 amide bonds. The summed E-state index contributed by atoms with van der Waals surface area (Å²) in [6, 6.07) is 6.48. The lowest BCUT2D eigenvalue weighted by molar-refractivity contribution is 0.0563. The first-order chi connectivity index (χ1) is 9.13. The predicted octanol–water partition coefficient (Wildman–Crippen LogP) is 3.13. The number of nitrogens with one attached hydrogen (secondary N) is 1. The maximum absolute atomic E-state index is 13.4. The number of benzene rings is 1. The van der Waals surface area contributed by atoms with Gasteiger partial charge in [0.25, 0.3) is 0 Å². The lowest BCUT2D eigenvalue weighted by atomic mass is 10.1. The van der Waals surface area contributed by atoms with E-state index in [1.54, 1.807) is 25.1 Å². The summed E-state index contributed by atoms with van der Waals surface area (Å²) in [5.41, 5.74) is 1.87. The van der Waals surface area contributed by atoms with Crippen LogP contribution in [0.2, 0.25) is 0 Å². The Kier molecular flexibility index (Phi) is 3.85. The number of hydrogen-bond acceptors (Lipinski definition) is 4. The second kappa shape index (κ2) is 5.56. The molecule has 0 aliphatic rings. The van der Waals surface area contributed by atoms with E-state index in [2.05, 4.69) is 10.1 Å². The lowest BCUT2D eigenvalue weighted by Crippen LogP contribution is -2.07. The third-order valence-electron chi connectivity index (χ3n) is 2.85. The molecule has 0 fully saturated rings. The largest absolute Gasteiger partial charge is 0.463 e. The summed E-state index contributed by atoms with van der Waals surface area (Å²) >= 11 is 0. The van der Waals surface area contributed by atoms with E-state index in [0.29, 0.717) is 23.4 Å². The molecule has 1 aromatic heterocycles.